The number of benzene rings is 2. The average molecular weight is 280 g/mol. The lowest BCUT2D eigenvalue weighted by atomic mass is 10.0. The van der Waals surface area contributed by atoms with Crippen LogP contribution in [0.25, 0.3) is 10.9 Å². The molecule has 104 valence electrons. The summed E-state index contributed by atoms with van der Waals surface area (Å²) in [5.41, 5.74) is 0.495. The Labute approximate surface area is 119 Å². The van der Waals surface area contributed by atoms with E-state index in [0.717, 1.165) is 4.57 Å². The molecule has 3 rings (SSSR count). The quantitative estimate of drug-likeness (QED) is 0.722. The smallest absolute Gasteiger partial charge is 0.307 e. The van der Waals surface area contributed by atoms with E-state index in [1.165, 1.54) is 13.1 Å². The number of rotatable bonds is 2. The van der Waals surface area contributed by atoms with Crippen molar-refractivity contribution >= 4 is 16.7 Å². The fourth-order valence-electron chi connectivity index (χ4n) is 2.20. The molecule has 3 aromatic rings. The van der Waals surface area contributed by atoms with Gasteiger partial charge in [0.25, 0.3) is 5.56 Å². The Hall–Kier alpha value is -2.95. The lowest BCUT2D eigenvalue weighted by molar-refractivity contribution is 0.103. The number of aromatic nitrogens is 2. The molecule has 0 aliphatic rings. The molecule has 0 unspecified atom stereocenters. The molecule has 0 aliphatic carbocycles. The van der Waals surface area contributed by atoms with Gasteiger partial charge in [0.1, 0.15) is 0 Å². The molecule has 0 saturated carbocycles. The van der Waals surface area contributed by atoms with Gasteiger partial charge in [0.05, 0.1) is 10.9 Å². The van der Waals surface area contributed by atoms with Gasteiger partial charge in [-0.05, 0) is 18.2 Å². The number of hydrogen-bond acceptors (Lipinski definition) is 3. The van der Waals surface area contributed by atoms with Gasteiger partial charge in [-0.25, -0.2) is 4.79 Å². The van der Waals surface area contributed by atoms with Crippen molar-refractivity contribution in [3.63, 3.8) is 0 Å². The monoisotopic (exact) mass is 280 g/mol. The molecular formula is C16H12N2O3. The van der Waals surface area contributed by atoms with E-state index in [4.69, 9.17) is 0 Å². The van der Waals surface area contributed by atoms with Crippen molar-refractivity contribution < 1.29 is 4.79 Å². The molecule has 2 aromatic carbocycles. The van der Waals surface area contributed by atoms with E-state index in [0.29, 0.717) is 22.0 Å². The minimum atomic E-state index is -0.477. The molecule has 1 heterocycles. The number of H-pyrrole nitrogens is 1. The molecule has 0 spiro atoms. The summed E-state index contributed by atoms with van der Waals surface area (Å²) >= 11 is 0. The van der Waals surface area contributed by atoms with Gasteiger partial charge in [-0.15, -0.1) is 0 Å². The summed E-state index contributed by atoms with van der Waals surface area (Å²) in [6.45, 7) is 0. The molecule has 0 aliphatic heterocycles. The van der Waals surface area contributed by atoms with Gasteiger partial charge in [0.2, 0.25) is 0 Å². The van der Waals surface area contributed by atoms with Crippen LogP contribution in [0.5, 0.6) is 0 Å². The van der Waals surface area contributed by atoms with Crippen molar-refractivity contribution in [1.82, 2.24) is 9.55 Å². The Morgan fingerprint density at radius 1 is 1.00 bits per heavy atom. The van der Waals surface area contributed by atoms with Crippen LogP contribution in [0.2, 0.25) is 0 Å². The van der Waals surface area contributed by atoms with Crippen LogP contribution in [0.1, 0.15) is 15.9 Å². The third-order valence-corrected chi connectivity index (χ3v) is 3.40. The largest absolute Gasteiger partial charge is 0.328 e. The van der Waals surface area contributed by atoms with Crippen molar-refractivity contribution in [1.29, 1.82) is 0 Å². The fraction of sp³-hybridized carbons (Fsp3) is 0.0625. The van der Waals surface area contributed by atoms with Crippen LogP contribution in [0.3, 0.4) is 0 Å². The van der Waals surface area contributed by atoms with Gasteiger partial charge < -0.3 is 4.98 Å². The number of nitrogens with zero attached hydrogens (tertiary/aromatic N) is 1. The first-order valence-electron chi connectivity index (χ1n) is 6.41. The molecule has 0 bridgehead atoms. The summed E-state index contributed by atoms with van der Waals surface area (Å²) in [5.74, 6) is -0.161. The first-order valence-corrected chi connectivity index (χ1v) is 6.41. The standard InChI is InChI=1S/C16H12N2O3/c1-18-15(20)12-9-11(7-8-13(12)17-16(18)21)14(19)10-5-3-2-4-6-10/h2-9H,1H3,(H,17,21). The van der Waals surface area contributed by atoms with Crippen LogP contribution < -0.4 is 11.2 Å². The maximum Gasteiger partial charge on any atom is 0.328 e. The third-order valence-electron chi connectivity index (χ3n) is 3.40. The third kappa shape index (κ3) is 2.18. The Kier molecular flexibility index (Phi) is 3.02. The Morgan fingerprint density at radius 3 is 2.43 bits per heavy atom. The van der Waals surface area contributed by atoms with Crippen LogP contribution >= 0.6 is 0 Å². The molecular weight excluding hydrogens is 268 g/mol. The predicted molar refractivity (Wildman–Crippen MR) is 79.7 cm³/mol. The number of fused-ring (bicyclic) bond motifs is 1. The maximum atomic E-state index is 12.4. The first-order chi connectivity index (χ1) is 10.1. The van der Waals surface area contributed by atoms with Gasteiger partial charge in [0.15, 0.2) is 5.78 Å². The fourth-order valence-corrected chi connectivity index (χ4v) is 2.20. The zero-order valence-corrected chi connectivity index (χ0v) is 11.3. The SMILES string of the molecule is Cn1c(=O)[nH]c2ccc(C(=O)c3ccccc3)cc2c1=O. The van der Waals surface area contributed by atoms with Crippen LogP contribution in [0.15, 0.2) is 58.1 Å². The molecule has 0 amide bonds. The second-order valence-electron chi connectivity index (χ2n) is 4.75. The van der Waals surface area contributed by atoms with Gasteiger partial charge in [0, 0.05) is 18.2 Å². The van der Waals surface area contributed by atoms with Gasteiger partial charge in [-0.1, -0.05) is 30.3 Å². The zero-order chi connectivity index (χ0) is 15.0. The molecule has 21 heavy (non-hydrogen) atoms. The van der Waals surface area contributed by atoms with Crippen LogP contribution in [-0.2, 0) is 7.05 Å². The maximum absolute atomic E-state index is 12.4. The van der Waals surface area contributed by atoms with E-state index in [1.54, 1.807) is 36.4 Å². The highest BCUT2D eigenvalue weighted by atomic mass is 16.2. The summed E-state index contributed by atoms with van der Waals surface area (Å²) in [7, 11) is 1.40. The molecule has 1 aromatic heterocycles. The highest BCUT2D eigenvalue weighted by molar-refractivity contribution is 6.10. The van der Waals surface area contributed by atoms with E-state index in [9.17, 15) is 14.4 Å². The summed E-state index contributed by atoms with van der Waals surface area (Å²) in [6, 6.07) is 13.5. The van der Waals surface area contributed by atoms with Crippen molar-refractivity contribution in [2.75, 3.05) is 0 Å². The number of carbonyl (C=O) groups excluding carboxylic acids is 1. The number of ketones is 1. The summed E-state index contributed by atoms with van der Waals surface area (Å²) in [4.78, 5) is 38.6. The van der Waals surface area contributed by atoms with E-state index >= 15 is 0 Å². The van der Waals surface area contributed by atoms with E-state index in [1.807, 2.05) is 6.07 Å². The Morgan fingerprint density at radius 2 is 1.71 bits per heavy atom. The number of hydrogen-bond donors (Lipinski definition) is 1. The van der Waals surface area contributed by atoms with E-state index in [-0.39, 0.29) is 5.78 Å². The molecule has 0 saturated heterocycles. The topological polar surface area (TPSA) is 71.9 Å². The zero-order valence-electron chi connectivity index (χ0n) is 11.3. The molecule has 5 nitrogen and oxygen atoms in total. The van der Waals surface area contributed by atoms with Crippen LogP contribution in [0.4, 0.5) is 0 Å². The highest BCUT2D eigenvalue weighted by Crippen LogP contribution is 2.13. The second-order valence-corrected chi connectivity index (χ2v) is 4.75. The average Bonchev–Trinajstić information content (AvgIpc) is 2.53. The first kappa shape index (κ1) is 13.1. The molecule has 5 heteroatoms. The number of carbonyl (C=O) groups is 1. The second kappa shape index (κ2) is 4.86. The lowest BCUT2D eigenvalue weighted by Crippen LogP contribution is -2.32. The highest BCUT2D eigenvalue weighted by Gasteiger charge is 2.11. The van der Waals surface area contributed by atoms with E-state index < -0.39 is 11.2 Å². The minimum Gasteiger partial charge on any atom is -0.307 e. The molecule has 0 atom stereocenters. The number of aromatic amines is 1. The number of nitrogens with one attached hydrogen (secondary N) is 1. The van der Waals surface area contributed by atoms with Crippen LogP contribution in [0, 0.1) is 0 Å². The van der Waals surface area contributed by atoms with E-state index in [2.05, 4.69) is 4.98 Å². The van der Waals surface area contributed by atoms with Crippen molar-refractivity contribution in [3.05, 3.63) is 80.5 Å². The van der Waals surface area contributed by atoms with Gasteiger partial charge in [-0.3, -0.25) is 14.2 Å². The molecule has 1 N–H and O–H groups in total. The predicted octanol–water partition coefficient (Wildman–Crippen LogP) is 1.46. The molecule has 0 fully saturated rings. The van der Waals surface area contributed by atoms with Crippen molar-refractivity contribution in [2.45, 2.75) is 0 Å². The Bertz CT molecular complexity index is 953. The summed E-state index contributed by atoms with van der Waals surface area (Å²) in [6.07, 6.45) is 0. The minimum absolute atomic E-state index is 0.161. The van der Waals surface area contributed by atoms with Crippen molar-refractivity contribution in [3.8, 4) is 0 Å². The summed E-state index contributed by atoms with van der Waals surface area (Å²) in [5, 5.41) is 0.318. The van der Waals surface area contributed by atoms with Gasteiger partial charge in [-0.2, -0.15) is 0 Å². The molecule has 0 radical (unpaired) electrons. The van der Waals surface area contributed by atoms with Gasteiger partial charge >= 0.3 is 5.69 Å². The normalized spacial score (nSPS) is 10.7. The van der Waals surface area contributed by atoms with Crippen molar-refractivity contribution in [2.24, 2.45) is 7.05 Å². The van der Waals surface area contributed by atoms with Crippen LogP contribution in [-0.4, -0.2) is 15.3 Å². The Balaban J connectivity index is 2.20. The lowest BCUT2D eigenvalue weighted by Gasteiger charge is -2.04. The summed E-state index contributed by atoms with van der Waals surface area (Å²) < 4.78 is 0.985.